The van der Waals surface area contributed by atoms with E-state index in [0.29, 0.717) is 6.54 Å². The Kier molecular flexibility index (Phi) is 5.14. The van der Waals surface area contributed by atoms with Crippen LogP contribution >= 0.6 is 0 Å². The zero-order valence-electron chi connectivity index (χ0n) is 12.4. The van der Waals surface area contributed by atoms with E-state index in [9.17, 15) is 4.79 Å². The molecule has 0 saturated carbocycles. The number of aryl methyl sites for hydroxylation is 2. The molecule has 1 aromatic rings. The van der Waals surface area contributed by atoms with E-state index in [2.05, 4.69) is 20.4 Å². The molecule has 0 aliphatic carbocycles. The number of likely N-dealkylation sites (tertiary alicyclic amines) is 1. The second-order valence-corrected chi connectivity index (χ2v) is 5.65. The third kappa shape index (κ3) is 3.80. The highest BCUT2D eigenvalue weighted by atomic mass is 16.2. The van der Waals surface area contributed by atoms with Gasteiger partial charge in [-0.05, 0) is 58.7 Å². The van der Waals surface area contributed by atoms with Crippen LogP contribution < -0.4 is 11.1 Å². The lowest BCUT2D eigenvalue weighted by Crippen LogP contribution is -2.39. The molecule has 1 aliphatic heterocycles. The summed E-state index contributed by atoms with van der Waals surface area (Å²) >= 11 is 0. The maximum atomic E-state index is 12.1. The zero-order valence-corrected chi connectivity index (χ0v) is 12.4. The summed E-state index contributed by atoms with van der Waals surface area (Å²) in [6.07, 6.45) is 3.40. The number of carbonyl (C=O) groups excluding carboxylic acids is 1. The molecule has 1 aliphatic rings. The van der Waals surface area contributed by atoms with Gasteiger partial charge in [-0.1, -0.05) is 0 Å². The van der Waals surface area contributed by atoms with Crippen molar-refractivity contribution in [3.05, 3.63) is 11.4 Å². The Bertz CT molecular complexity index is 429. The number of hydrogen-bond donors (Lipinski definition) is 3. The van der Waals surface area contributed by atoms with Crippen molar-refractivity contribution < 1.29 is 4.79 Å². The first-order chi connectivity index (χ1) is 9.60. The fourth-order valence-corrected chi connectivity index (χ4v) is 2.79. The Hall–Kier alpha value is -1.40. The fraction of sp³-hybridized carbons (Fsp3) is 0.714. The largest absolute Gasteiger partial charge is 0.330 e. The van der Waals surface area contributed by atoms with Crippen LogP contribution in [0.1, 0.15) is 30.7 Å². The van der Waals surface area contributed by atoms with Gasteiger partial charge in [-0.25, -0.2) is 0 Å². The van der Waals surface area contributed by atoms with Gasteiger partial charge in [0.1, 0.15) is 0 Å². The molecule has 1 saturated heterocycles. The number of aromatic amines is 1. The number of piperidine rings is 1. The van der Waals surface area contributed by atoms with E-state index in [1.54, 1.807) is 0 Å². The quantitative estimate of drug-likeness (QED) is 0.751. The summed E-state index contributed by atoms with van der Waals surface area (Å²) in [4.78, 5) is 14.3. The topological polar surface area (TPSA) is 87.0 Å². The fourth-order valence-electron chi connectivity index (χ4n) is 2.79. The minimum absolute atomic E-state index is 0.0369. The van der Waals surface area contributed by atoms with Crippen LogP contribution in [0.2, 0.25) is 0 Å². The number of amides is 1. The van der Waals surface area contributed by atoms with Crippen molar-refractivity contribution in [2.75, 3.05) is 31.5 Å². The van der Waals surface area contributed by atoms with Gasteiger partial charge >= 0.3 is 0 Å². The number of nitrogens with two attached hydrogens (primary N) is 1. The van der Waals surface area contributed by atoms with Crippen LogP contribution in [0.5, 0.6) is 0 Å². The van der Waals surface area contributed by atoms with Gasteiger partial charge in [0.2, 0.25) is 5.91 Å². The van der Waals surface area contributed by atoms with Gasteiger partial charge in [0.15, 0.2) is 0 Å². The number of nitrogens with zero attached hydrogens (tertiary/aromatic N) is 2. The third-order valence-corrected chi connectivity index (χ3v) is 4.04. The Morgan fingerprint density at radius 3 is 2.70 bits per heavy atom. The highest BCUT2D eigenvalue weighted by Gasteiger charge is 2.20. The van der Waals surface area contributed by atoms with E-state index in [4.69, 9.17) is 5.73 Å². The summed E-state index contributed by atoms with van der Waals surface area (Å²) in [5.74, 6) is 0.771. The van der Waals surface area contributed by atoms with Crippen molar-refractivity contribution in [2.45, 2.75) is 33.1 Å². The molecule has 1 amide bonds. The normalized spacial score (nSPS) is 17.4. The van der Waals surface area contributed by atoms with Crippen molar-refractivity contribution in [2.24, 2.45) is 11.7 Å². The molecule has 0 spiro atoms. The van der Waals surface area contributed by atoms with Gasteiger partial charge in [-0.3, -0.25) is 14.8 Å². The molecule has 20 heavy (non-hydrogen) atoms. The molecule has 0 bridgehead atoms. The molecule has 1 fully saturated rings. The first kappa shape index (κ1) is 15.0. The van der Waals surface area contributed by atoms with E-state index in [-0.39, 0.29) is 5.91 Å². The number of H-pyrrole nitrogens is 1. The van der Waals surface area contributed by atoms with Gasteiger partial charge in [0.25, 0.3) is 0 Å². The monoisotopic (exact) mass is 279 g/mol. The number of aromatic nitrogens is 2. The van der Waals surface area contributed by atoms with E-state index in [1.165, 1.54) is 0 Å². The predicted molar refractivity (Wildman–Crippen MR) is 79.5 cm³/mol. The molecular weight excluding hydrogens is 254 g/mol. The van der Waals surface area contributed by atoms with Gasteiger partial charge in [-0.15, -0.1) is 0 Å². The zero-order chi connectivity index (χ0) is 14.5. The SMILES string of the molecule is Cc1n[nH]c(C)c1NC(=O)CN1CCC(CCN)CC1. The average Bonchev–Trinajstić information content (AvgIpc) is 2.73. The molecule has 2 heterocycles. The first-order valence-corrected chi connectivity index (χ1v) is 7.34. The Morgan fingerprint density at radius 1 is 1.45 bits per heavy atom. The highest BCUT2D eigenvalue weighted by molar-refractivity contribution is 5.93. The minimum atomic E-state index is 0.0369. The second kappa shape index (κ2) is 6.85. The van der Waals surface area contributed by atoms with Crippen LogP contribution in [0.4, 0.5) is 5.69 Å². The Balaban J connectivity index is 1.78. The van der Waals surface area contributed by atoms with E-state index in [1.807, 2.05) is 13.8 Å². The van der Waals surface area contributed by atoms with E-state index < -0.39 is 0 Å². The molecule has 2 rings (SSSR count). The van der Waals surface area contributed by atoms with Crippen LogP contribution in [-0.4, -0.2) is 47.2 Å². The molecule has 1 aromatic heterocycles. The lowest BCUT2D eigenvalue weighted by molar-refractivity contribution is -0.117. The molecule has 6 heteroatoms. The first-order valence-electron chi connectivity index (χ1n) is 7.34. The molecule has 112 valence electrons. The minimum Gasteiger partial charge on any atom is -0.330 e. The summed E-state index contributed by atoms with van der Waals surface area (Å²) in [5, 5.41) is 9.90. The Morgan fingerprint density at radius 2 is 2.15 bits per heavy atom. The maximum absolute atomic E-state index is 12.1. The van der Waals surface area contributed by atoms with Crippen LogP contribution in [0, 0.1) is 19.8 Å². The molecule has 0 radical (unpaired) electrons. The smallest absolute Gasteiger partial charge is 0.238 e. The second-order valence-electron chi connectivity index (χ2n) is 5.65. The van der Waals surface area contributed by atoms with Crippen molar-refractivity contribution in [3.8, 4) is 0 Å². The van der Waals surface area contributed by atoms with Gasteiger partial charge in [-0.2, -0.15) is 5.10 Å². The average molecular weight is 279 g/mol. The predicted octanol–water partition coefficient (Wildman–Crippen LogP) is 1.03. The molecule has 0 unspecified atom stereocenters. The molecule has 0 aromatic carbocycles. The number of carbonyl (C=O) groups is 1. The van der Waals surface area contributed by atoms with Crippen molar-refractivity contribution >= 4 is 11.6 Å². The van der Waals surface area contributed by atoms with Crippen LogP contribution in [0.15, 0.2) is 0 Å². The molecule has 4 N–H and O–H groups in total. The lowest BCUT2D eigenvalue weighted by Gasteiger charge is -2.31. The van der Waals surface area contributed by atoms with Crippen LogP contribution in [-0.2, 0) is 4.79 Å². The standard InChI is InChI=1S/C14H25N5O/c1-10-14(11(2)18-17-10)16-13(20)9-19-7-4-12(3-6-15)5-8-19/h12H,3-9,15H2,1-2H3,(H,16,20)(H,17,18). The summed E-state index contributed by atoms with van der Waals surface area (Å²) in [7, 11) is 0. The van der Waals surface area contributed by atoms with Gasteiger partial charge in [0.05, 0.1) is 23.6 Å². The summed E-state index contributed by atoms with van der Waals surface area (Å²) in [5.41, 5.74) is 8.14. The van der Waals surface area contributed by atoms with E-state index >= 15 is 0 Å². The lowest BCUT2D eigenvalue weighted by atomic mass is 9.94. The summed E-state index contributed by atoms with van der Waals surface area (Å²) < 4.78 is 0. The van der Waals surface area contributed by atoms with Gasteiger partial charge in [0, 0.05) is 0 Å². The number of rotatable bonds is 5. The van der Waals surface area contributed by atoms with Crippen LogP contribution in [0.3, 0.4) is 0 Å². The summed E-state index contributed by atoms with van der Waals surface area (Å²) in [6.45, 7) is 7.00. The number of anilines is 1. The maximum Gasteiger partial charge on any atom is 0.238 e. The van der Waals surface area contributed by atoms with Crippen LogP contribution in [0.25, 0.3) is 0 Å². The Labute approximate surface area is 120 Å². The molecular formula is C14H25N5O. The van der Waals surface area contributed by atoms with Crippen molar-refractivity contribution in [1.29, 1.82) is 0 Å². The number of hydrogen-bond acceptors (Lipinski definition) is 4. The third-order valence-electron chi connectivity index (χ3n) is 4.04. The summed E-state index contributed by atoms with van der Waals surface area (Å²) in [6, 6.07) is 0. The molecule has 6 nitrogen and oxygen atoms in total. The van der Waals surface area contributed by atoms with Crippen molar-refractivity contribution in [1.82, 2.24) is 15.1 Å². The van der Waals surface area contributed by atoms with Crippen molar-refractivity contribution in [3.63, 3.8) is 0 Å². The molecule has 0 atom stereocenters. The van der Waals surface area contributed by atoms with E-state index in [0.717, 1.165) is 61.9 Å². The van der Waals surface area contributed by atoms with Gasteiger partial charge < -0.3 is 11.1 Å². The highest BCUT2D eigenvalue weighted by Crippen LogP contribution is 2.20. The number of nitrogens with one attached hydrogen (secondary N) is 2.